The number of rotatable bonds is 11. The number of ether oxygens (including phenoxy) is 3. The summed E-state index contributed by atoms with van der Waals surface area (Å²) in [5, 5.41) is 21.1. The van der Waals surface area contributed by atoms with E-state index < -0.39 is 64.4 Å². The van der Waals surface area contributed by atoms with Crippen molar-refractivity contribution >= 4 is 41.2 Å². The summed E-state index contributed by atoms with van der Waals surface area (Å²) in [5.74, 6) is -2.62. The fourth-order valence-corrected chi connectivity index (χ4v) is 10.5. The Morgan fingerprint density at radius 2 is 1.44 bits per heavy atom. The van der Waals surface area contributed by atoms with Gasteiger partial charge in [-0.3, -0.25) is 29.4 Å². The molecule has 1 N–H and O–H groups in total. The van der Waals surface area contributed by atoms with Crippen LogP contribution in [0.5, 0.6) is 5.75 Å². The quantitative estimate of drug-likeness (QED) is 0.0888. The molecule has 6 aromatic rings. The number of morpholine rings is 1. The molecule has 17 heteroatoms. The number of carbonyl (C=O) groups is 4. The number of amides is 3. The van der Waals surface area contributed by atoms with E-state index in [1.54, 1.807) is 65.8 Å². The molecule has 0 saturated carbocycles. The van der Waals surface area contributed by atoms with Gasteiger partial charge >= 0.3 is 12.1 Å². The molecule has 1 spiro atoms. The topological polar surface area (TPSA) is 198 Å². The third-order valence-corrected chi connectivity index (χ3v) is 13.3. The van der Waals surface area contributed by atoms with Crippen molar-refractivity contribution in [1.82, 2.24) is 19.8 Å². The van der Waals surface area contributed by atoms with Crippen molar-refractivity contribution in [3.63, 3.8) is 0 Å². The first kappa shape index (κ1) is 43.9. The number of non-ortho nitro benzene ring substituents is 1. The van der Waals surface area contributed by atoms with E-state index in [0.717, 1.165) is 10.5 Å². The third kappa shape index (κ3) is 7.54. The van der Waals surface area contributed by atoms with E-state index in [2.05, 4.69) is 9.97 Å². The van der Waals surface area contributed by atoms with Crippen LogP contribution in [0.4, 0.5) is 22.1 Å². The molecule has 6 atom stereocenters. The van der Waals surface area contributed by atoms with Crippen LogP contribution in [0, 0.1) is 16.0 Å². The minimum Gasteiger partial charge on any atom is -0.491 e. The van der Waals surface area contributed by atoms with Crippen LogP contribution in [-0.4, -0.2) is 99.1 Å². The Morgan fingerprint density at radius 3 is 2.13 bits per heavy atom. The molecule has 344 valence electrons. The molecule has 0 radical (unpaired) electrons. The average Bonchev–Trinajstić information content (AvgIpc) is 3.84. The van der Waals surface area contributed by atoms with Crippen LogP contribution in [0.1, 0.15) is 46.0 Å². The van der Waals surface area contributed by atoms with Gasteiger partial charge in [0.1, 0.15) is 36.5 Å². The number of hydrogen-bond donors (Lipinski definition) is 1. The lowest BCUT2D eigenvalue weighted by Crippen LogP contribution is -2.59. The molecule has 0 bridgehead atoms. The number of aliphatic hydroxyl groups excluding tert-OH is 1. The zero-order chi connectivity index (χ0) is 46.9. The highest BCUT2D eigenvalue weighted by atomic mass is 16.6. The highest BCUT2D eigenvalue weighted by Crippen LogP contribution is 2.66. The minimum absolute atomic E-state index is 0.0299. The molecule has 1 aromatic heterocycles. The van der Waals surface area contributed by atoms with Crippen molar-refractivity contribution in [3.8, 4) is 5.75 Å². The summed E-state index contributed by atoms with van der Waals surface area (Å²) in [5.41, 5.74) is 0.700. The molecule has 10 rings (SSSR count). The first-order valence-electron chi connectivity index (χ1n) is 22.3. The van der Waals surface area contributed by atoms with Crippen molar-refractivity contribution < 1.29 is 43.4 Å². The molecule has 3 amide bonds. The molecule has 5 aromatic carbocycles. The Morgan fingerprint density at radius 1 is 0.779 bits per heavy atom. The Balaban J connectivity index is 1.17. The average molecular weight is 916 g/mol. The van der Waals surface area contributed by atoms with Gasteiger partial charge in [-0.1, -0.05) is 91.0 Å². The number of benzene rings is 5. The van der Waals surface area contributed by atoms with Gasteiger partial charge in [0.2, 0.25) is 17.8 Å². The van der Waals surface area contributed by atoms with E-state index in [4.69, 9.17) is 14.2 Å². The third-order valence-electron chi connectivity index (χ3n) is 13.3. The van der Waals surface area contributed by atoms with Crippen molar-refractivity contribution in [2.24, 2.45) is 5.92 Å². The van der Waals surface area contributed by atoms with Gasteiger partial charge in [0.15, 0.2) is 0 Å². The van der Waals surface area contributed by atoms with E-state index in [1.165, 1.54) is 24.3 Å². The zero-order valence-electron chi connectivity index (χ0n) is 36.5. The molecule has 3 fully saturated rings. The molecule has 17 nitrogen and oxygen atoms in total. The van der Waals surface area contributed by atoms with Crippen LogP contribution in [-0.2, 0) is 35.9 Å². The van der Waals surface area contributed by atoms with Crippen molar-refractivity contribution in [3.05, 3.63) is 190 Å². The number of para-hydroxylation sites is 1. The maximum Gasteiger partial charge on any atom is 0.421 e. The summed E-state index contributed by atoms with van der Waals surface area (Å²) in [6.45, 7) is 0.482. The van der Waals surface area contributed by atoms with E-state index in [1.807, 2.05) is 76.5 Å². The number of imide groups is 1. The lowest BCUT2D eigenvalue weighted by Gasteiger charge is -2.46. The number of nitrogens with zero attached hydrogens (tertiary/aromatic N) is 7. The normalized spacial score (nSPS) is 23.2. The number of nitro groups is 1. The van der Waals surface area contributed by atoms with E-state index in [-0.39, 0.29) is 44.3 Å². The van der Waals surface area contributed by atoms with Gasteiger partial charge in [-0.15, -0.1) is 0 Å². The number of piperazine rings is 1. The molecule has 0 unspecified atom stereocenters. The number of nitro benzene ring substituents is 1. The van der Waals surface area contributed by atoms with Gasteiger partial charge < -0.3 is 29.1 Å². The smallest absolute Gasteiger partial charge is 0.421 e. The number of cyclic esters (lactones) is 1. The van der Waals surface area contributed by atoms with E-state index in [0.29, 0.717) is 47.0 Å². The van der Waals surface area contributed by atoms with Gasteiger partial charge in [-0.05, 0) is 64.2 Å². The van der Waals surface area contributed by atoms with Gasteiger partial charge in [-0.25, -0.2) is 19.7 Å². The number of hydrogen-bond acceptors (Lipinski definition) is 14. The highest BCUT2D eigenvalue weighted by molar-refractivity contribution is 6.23. The first-order chi connectivity index (χ1) is 33.2. The van der Waals surface area contributed by atoms with Crippen molar-refractivity contribution in [1.29, 1.82) is 0 Å². The molecular weight excluding hydrogens is 871 g/mol. The predicted octanol–water partition coefficient (Wildman–Crippen LogP) is 6.11. The molecular formula is C51H45N7O10. The van der Waals surface area contributed by atoms with Crippen molar-refractivity contribution in [2.75, 3.05) is 49.2 Å². The number of fused-ring (bicyclic) bond motifs is 3. The van der Waals surface area contributed by atoms with Crippen LogP contribution in [0.25, 0.3) is 0 Å². The van der Waals surface area contributed by atoms with E-state index in [9.17, 15) is 20.0 Å². The number of aliphatic hydroxyl groups is 1. The van der Waals surface area contributed by atoms with Gasteiger partial charge in [0.25, 0.3) is 5.69 Å². The fraction of sp³-hybridized carbons (Fsp3) is 0.255. The molecule has 68 heavy (non-hydrogen) atoms. The van der Waals surface area contributed by atoms with Crippen LogP contribution >= 0.6 is 0 Å². The maximum absolute atomic E-state index is 16.4. The summed E-state index contributed by atoms with van der Waals surface area (Å²) in [6, 6.07) is 36.5. The molecule has 3 saturated heterocycles. The molecule has 0 aliphatic carbocycles. The lowest BCUT2D eigenvalue weighted by atomic mass is 9.65. The van der Waals surface area contributed by atoms with Crippen molar-refractivity contribution in [2.45, 2.75) is 36.3 Å². The van der Waals surface area contributed by atoms with E-state index >= 15 is 14.4 Å². The summed E-state index contributed by atoms with van der Waals surface area (Å²) in [6.07, 6.45) is 1.32. The zero-order valence-corrected chi connectivity index (χ0v) is 36.5. The summed E-state index contributed by atoms with van der Waals surface area (Å²) < 4.78 is 18.4. The first-order valence-corrected chi connectivity index (χ1v) is 22.3. The van der Waals surface area contributed by atoms with Crippen LogP contribution < -0.4 is 14.5 Å². The summed E-state index contributed by atoms with van der Waals surface area (Å²) in [7, 11) is 0. The Kier molecular flexibility index (Phi) is 11.8. The fourth-order valence-electron chi connectivity index (χ4n) is 10.5. The minimum atomic E-state index is -2.00. The Labute approximate surface area is 390 Å². The van der Waals surface area contributed by atoms with Crippen LogP contribution in [0.2, 0.25) is 0 Å². The van der Waals surface area contributed by atoms with Gasteiger partial charge in [0, 0.05) is 50.7 Å². The van der Waals surface area contributed by atoms with Crippen LogP contribution in [0.15, 0.2) is 152 Å². The number of carbonyl (C=O) groups excluding carboxylic acids is 4. The number of esters is 1. The summed E-state index contributed by atoms with van der Waals surface area (Å²) in [4.78, 5) is 88.7. The largest absolute Gasteiger partial charge is 0.491 e. The highest BCUT2D eigenvalue weighted by Gasteiger charge is 2.76. The molecule has 4 aliphatic rings. The second-order valence-electron chi connectivity index (χ2n) is 16.9. The lowest BCUT2D eigenvalue weighted by molar-refractivity contribution is -0.384. The second kappa shape index (κ2) is 18.3. The Hall–Kier alpha value is -8.02. The monoisotopic (exact) mass is 915 g/mol. The second-order valence-corrected chi connectivity index (χ2v) is 16.9. The maximum atomic E-state index is 16.4. The molecule has 4 aliphatic heterocycles. The predicted molar refractivity (Wildman–Crippen MR) is 245 cm³/mol. The standard InChI is InChI=1S/C51H45N7O10/c59-29-30-66-38-16-9-15-36(31-38)45-51(39-17-7-8-18-40(39)56(48(51)62)50(63)67-32-33-19-21-37(22-20-33)58(64)65)41(46(60)54-25-27-55(28-26-54)49-52-23-10-24-53-49)43-47(61)68-44(35-13-5-2-6-14-35)42(57(43)45)34-11-3-1-4-12-34/h1-24,31,41-45,59H,25-30,32H2/t41-,42-,43-,44+,45+,51-/m1/s1. The summed E-state index contributed by atoms with van der Waals surface area (Å²) >= 11 is 0. The Bertz CT molecular complexity index is 2850. The number of anilines is 2. The number of aromatic nitrogens is 2. The molecule has 5 heterocycles. The van der Waals surface area contributed by atoms with Gasteiger partial charge in [-0.2, -0.15) is 0 Å². The van der Waals surface area contributed by atoms with Crippen LogP contribution in [0.3, 0.4) is 0 Å². The van der Waals surface area contributed by atoms with Gasteiger partial charge in [0.05, 0.1) is 35.2 Å². The SMILES string of the molecule is O=C1O[C@@H](c2ccccc2)[C@@H](c2ccccc2)N2[C@@H](c3cccc(OCCO)c3)[C@]3(C(=O)N(C(=O)OCc4ccc([N+](=O)[O-])cc4)c4ccccc43)[C@@H](C(=O)N3CCN(c4ncccn4)CC3)[C@H]12.